The molecule has 0 aliphatic rings. The molecule has 0 atom stereocenters. The number of nitrogens with zero attached hydrogens (tertiary/aromatic N) is 1. The highest BCUT2D eigenvalue weighted by Gasteiger charge is 2.12. The zero-order valence-corrected chi connectivity index (χ0v) is 12.6. The normalized spacial score (nSPS) is 10.8. The zero-order valence-electron chi connectivity index (χ0n) is 11.1. The molecule has 0 aliphatic heterocycles. The molecule has 0 saturated heterocycles. The molecule has 0 aliphatic carbocycles. The lowest BCUT2D eigenvalue weighted by Crippen LogP contribution is -2.39. The quantitative estimate of drug-likeness (QED) is 0.508. The monoisotopic (exact) mass is 315 g/mol. The lowest BCUT2D eigenvalue weighted by Gasteiger charge is -2.05. The topological polar surface area (TPSA) is 70.6 Å². The van der Waals surface area contributed by atoms with Crippen molar-refractivity contribution in [3.05, 3.63) is 33.8 Å². The second kappa shape index (κ2) is 7.87. The van der Waals surface area contributed by atoms with Gasteiger partial charge in [-0.05, 0) is 18.1 Å². The van der Waals surface area contributed by atoms with Crippen LogP contribution in [0.15, 0.2) is 23.3 Å². The van der Waals surface area contributed by atoms with E-state index in [4.69, 9.17) is 23.2 Å². The van der Waals surface area contributed by atoms with Gasteiger partial charge in [-0.25, -0.2) is 5.43 Å². The molecule has 0 spiro atoms. The minimum Gasteiger partial charge on any atom is -0.348 e. The Bertz CT molecular complexity index is 530. The minimum absolute atomic E-state index is 0.267. The molecular formula is C13H15Cl2N3O2. The molecule has 0 fully saturated rings. The Balaban J connectivity index is 2.51. The Morgan fingerprint density at radius 2 is 2.00 bits per heavy atom. The predicted molar refractivity (Wildman–Crippen MR) is 80.0 cm³/mol. The number of hydrogen-bond donors (Lipinski definition) is 2. The molecular weight excluding hydrogens is 301 g/mol. The molecule has 7 heteroatoms. The molecule has 5 nitrogen and oxygen atoms in total. The van der Waals surface area contributed by atoms with Gasteiger partial charge in [0.1, 0.15) is 0 Å². The van der Waals surface area contributed by atoms with Crippen LogP contribution in [0.1, 0.15) is 19.4 Å². The molecule has 1 aromatic carbocycles. The van der Waals surface area contributed by atoms with Gasteiger partial charge in [-0.1, -0.05) is 43.1 Å². The predicted octanol–water partition coefficient (Wildman–Crippen LogP) is 2.22. The molecule has 0 aromatic heterocycles. The fourth-order valence-corrected chi connectivity index (χ4v) is 1.65. The summed E-state index contributed by atoms with van der Waals surface area (Å²) in [7, 11) is 0. The first kappa shape index (κ1) is 16.5. The standard InChI is InChI=1S/C13H15Cl2N3O2/c1-8(2)6-16-12(19)13(20)18-17-7-9-3-4-10(14)5-11(9)15/h3-5,7-8H,6H2,1-2H3,(H,16,19)(H,18,20)/b17-7-. The largest absolute Gasteiger partial charge is 0.348 e. The van der Waals surface area contributed by atoms with Gasteiger partial charge in [0.15, 0.2) is 0 Å². The maximum Gasteiger partial charge on any atom is 0.329 e. The van der Waals surface area contributed by atoms with Crippen LogP contribution in [0, 0.1) is 5.92 Å². The summed E-state index contributed by atoms with van der Waals surface area (Å²) in [5.74, 6) is -1.28. The smallest absolute Gasteiger partial charge is 0.329 e. The first-order chi connectivity index (χ1) is 9.40. The van der Waals surface area contributed by atoms with Crippen LogP contribution in [-0.4, -0.2) is 24.6 Å². The van der Waals surface area contributed by atoms with E-state index < -0.39 is 11.8 Å². The van der Waals surface area contributed by atoms with Crippen molar-refractivity contribution < 1.29 is 9.59 Å². The van der Waals surface area contributed by atoms with Crippen LogP contribution >= 0.6 is 23.2 Å². The van der Waals surface area contributed by atoms with Crippen molar-refractivity contribution in [3.8, 4) is 0 Å². The highest BCUT2D eigenvalue weighted by atomic mass is 35.5. The molecule has 2 N–H and O–H groups in total. The summed E-state index contributed by atoms with van der Waals surface area (Å²) in [6.07, 6.45) is 1.34. The molecule has 108 valence electrons. The molecule has 2 amide bonds. The van der Waals surface area contributed by atoms with Gasteiger partial charge in [-0.3, -0.25) is 9.59 Å². The number of hydrogen-bond acceptors (Lipinski definition) is 3. The van der Waals surface area contributed by atoms with E-state index in [2.05, 4.69) is 15.8 Å². The Morgan fingerprint density at radius 1 is 1.30 bits per heavy atom. The summed E-state index contributed by atoms with van der Waals surface area (Å²) in [5.41, 5.74) is 2.71. The number of nitrogens with one attached hydrogen (secondary N) is 2. The van der Waals surface area contributed by atoms with Gasteiger partial charge in [0.05, 0.1) is 11.2 Å². The third-order valence-corrected chi connectivity index (χ3v) is 2.77. The van der Waals surface area contributed by atoms with Crippen molar-refractivity contribution in [2.45, 2.75) is 13.8 Å². The van der Waals surface area contributed by atoms with Gasteiger partial charge in [-0.2, -0.15) is 5.10 Å². The number of amides is 2. The van der Waals surface area contributed by atoms with Gasteiger partial charge < -0.3 is 5.32 Å². The molecule has 0 bridgehead atoms. The molecule has 0 saturated carbocycles. The van der Waals surface area contributed by atoms with Gasteiger partial charge in [0, 0.05) is 17.1 Å². The SMILES string of the molecule is CC(C)CNC(=O)C(=O)N/N=C\c1ccc(Cl)cc1Cl. The molecule has 0 unspecified atom stereocenters. The maximum absolute atomic E-state index is 11.4. The third-order valence-electron chi connectivity index (χ3n) is 2.21. The molecule has 0 radical (unpaired) electrons. The Labute approximate surface area is 127 Å². The van der Waals surface area contributed by atoms with Crippen molar-refractivity contribution in [1.82, 2.24) is 10.7 Å². The van der Waals surface area contributed by atoms with Crippen LogP contribution in [0.2, 0.25) is 10.0 Å². The van der Waals surface area contributed by atoms with Crippen molar-refractivity contribution in [2.75, 3.05) is 6.54 Å². The number of halogens is 2. The number of carbonyl (C=O) groups excluding carboxylic acids is 2. The van der Waals surface area contributed by atoms with Gasteiger partial charge in [0.25, 0.3) is 0 Å². The molecule has 1 rings (SSSR count). The molecule has 20 heavy (non-hydrogen) atoms. The number of hydrazone groups is 1. The number of carbonyl (C=O) groups is 2. The van der Waals surface area contributed by atoms with Crippen molar-refractivity contribution in [1.29, 1.82) is 0 Å². The summed E-state index contributed by atoms with van der Waals surface area (Å²) in [5, 5.41) is 7.05. The lowest BCUT2D eigenvalue weighted by molar-refractivity contribution is -0.139. The molecule has 1 aromatic rings. The Kier molecular flexibility index (Phi) is 6.48. The number of benzene rings is 1. The van der Waals surface area contributed by atoms with Gasteiger partial charge >= 0.3 is 11.8 Å². The Hall–Kier alpha value is -1.59. The van der Waals surface area contributed by atoms with Crippen molar-refractivity contribution in [2.24, 2.45) is 11.0 Å². The van der Waals surface area contributed by atoms with E-state index in [-0.39, 0.29) is 5.92 Å². The van der Waals surface area contributed by atoms with Crippen molar-refractivity contribution in [3.63, 3.8) is 0 Å². The van der Waals surface area contributed by atoms with E-state index in [1.165, 1.54) is 6.21 Å². The van der Waals surface area contributed by atoms with Crippen LogP contribution in [-0.2, 0) is 9.59 Å². The highest BCUT2D eigenvalue weighted by molar-refractivity contribution is 6.36. The number of rotatable bonds is 4. The fourth-order valence-electron chi connectivity index (χ4n) is 1.19. The van der Waals surface area contributed by atoms with Crippen LogP contribution in [0.5, 0.6) is 0 Å². The van der Waals surface area contributed by atoms with Crippen LogP contribution in [0.3, 0.4) is 0 Å². The average Bonchev–Trinajstić information content (AvgIpc) is 2.38. The van der Waals surface area contributed by atoms with E-state index in [0.29, 0.717) is 22.2 Å². The van der Waals surface area contributed by atoms with Crippen LogP contribution in [0.25, 0.3) is 0 Å². The lowest BCUT2D eigenvalue weighted by atomic mass is 10.2. The summed E-state index contributed by atoms with van der Waals surface area (Å²) >= 11 is 11.7. The Morgan fingerprint density at radius 3 is 2.60 bits per heavy atom. The van der Waals surface area contributed by atoms with Crippen LogP contribution < -0.4 is 10.7 Å². The maximum atomic E-state index is 11.4. The minimum atomic E-state index is -0.827. The third kappa shape index (κ3) is 5.59. The summed E-state index contributed by atoms with van der Waals surface area (Å²) < 4.78 is 0. The van der Waals surface area contributed by atoms with Gasteiger partial charge in [-0.15, -0.1) is 0 Å². The summed E-state index contributed by atoms with van der Waals surface area (Å²) in [6.45, 7) is 4.29. The average molecular weight is 316 g/mol. The first-order valence-electron chi connectivity index (χ1n) is 5.96. The van der Waals surface area contributed by atoms with Crippen molar-refractivity contribution >= 4 is 41.2 Å². The first-order valence-corrected chi connectivity index (χ1v) is 6.72. The van der Waals surface area contributed by atoms with E-state index in [1.54, 1.807) is 18.2 Å². The van der Waals surface area contributed by atoms with E-state index in [1.807, 2.05) is 13.8 Å². The second-order valence-electron chi connectivity index (χ2n) is 4.47. The zero-order chi connectivity index (χ0) is 15.1. The van der Waals surface area contributed by atoms with Gasteiger partial charge in [0.2, 0.25) is 0 Å². The van der Waals surface area contributed by atoms with Crippen LogP contribution in [0.4, 0.5) is 0 Å². The van der Waals surface area contributed by atoms with E-state index in [0.717, 1.165) is 0 Å². The highest BCUT2D eigenvalue weighted by Crippen LogP contribution is 2.19. The van der Waals surface area contributed by atoms with E-state index in [9.17, 15) is 9.59 Å². The second-order valence-corrected chi connectivity index (χ2v) is 5.31. The molecule has 0 heterocycles. The summed E-state index contributed by atoms with van der Waals surface area (Å²) in [6, 6.07) is 4.85. The fraction of sp³-hybridized carbons (Fsp3) is 0.308. The van der Waals surface area contributed by atoms with E-state index >= 15 is 0 Å². The summed E-state index contributed by atoms with van der Waals surface area (Å²) in [4.78, 5) is 22.8.